The molecule has 2 heteroatoms. The Morgan fingerprint density at radius 3 is 1.68 bits per heavy atom. The summed E-state index contributed by atoms with van der Waals surface area (Å²) < 4.78 is 0. The van der Waals surface area contributed by atoms with Gasteiger partial charge in [0.25, 0.3) is 0 Å². The first-order valence-corrected chi connectivity index (χ1v) is 12.8. The van der Waals surface area contributed by atoms with E-state index in [-0.39, 0.29) is 0 Å². The predicted octanol–water partition coefficient (Wildman–Crippen LogP) is 4.58. The van der Waals surface area contributed by atoms with Gasteiger partial charge in [0, 0.05) is 29.5 Å². The topological polar surface area (TPSA) is 21.1 Å². The molecule has 0 aromatic heterocycles. The molecular weight excluding hydrogens is 412 g/mol. The van der Waals surface area contributed by atoms with E-state index < -0.39 is 0 Å². The first kappa shape index (κ1) is 22.6. The number of quaternary nitrogens is 2. The third-order valence-electron chi connectivity index (χ3n) is 7.26. The van der Waals surface area contributed by atoms with Crippen LogP contribution in [0.25, 0.3) is 11.1 Å². The Labute approximate surface area is 204 Å². The van der Waals surface area contributed by atoms with Crippen molar-refractivity contribution in [2.75, 3.05) is 13.1 Å². The van der Waals surface area contributed by atoms with Crippen LogP contribution in [0.5, 0.6) is 0 Å². The lowest BCUT2D eigenvalue weighted by Gasteiger charge is -2.29. The van der Waals surface area contributed by atoms with Crippen molar-refractivity contribution in [3.05, 3.63) is 131 Å². The van der Waals surface area contributed by atoms with Crippen LogP contribution in [-0.2, 0) is 19.6 Å². The zero-order chi connectivity index (χ0) is 23.0. The lowest BCUT2D eigenvalue weighted by atomic mass is 9.89. The summed E-state index contributed by atoms with van der Waals surface area (Å²) in [6.45, 7) is 5.74. The molecule has 5 rings (SSSR count). The van der Waals surface area contributed by atoms with Crippen LogP contribution < -0.4 is 10.2 Å². The largest absolute Gasteiger partial charge is 0.339 e. The second-order valence-corrected chi connectivity index (χ2v) is 9.69. The molecule has 2 nitrogen and oxygen atoms in total. The van der Waals surface area contributed by atoms with E-state index in [1.807, 2.05) is 0 Å². The minimum absolute atomic E-state index is 0.748. The van der Waals surface area contributed by atoms with Crippen molar-refractivity contribution in [2.45, 2.75) is 38.4 Å². The average molecular weight is 449 g/mol. The minimum atomic E-state index is 0.748. The fourth-order valence-electron chi connectivity index (χ4n) is 5.21. The third kappa shape index (κ3) is 6.02. The van der Waals surface area contributed by atoms with Crippen LogP contribution in [0.4, 0.5) is 0 Å². The van der Waals surface area contributed by atoms with Crippen molar-refractivity contribution in [1.29, 1.82) is 0 Å². The average Bonchev–Trinajstić information content (AvgIpc) is 2.92. The van der Waals surface area contributed by atoms with Crippen molar-refractivity contribution >= 4 is 0 Å². The van der Waals surface area contributed by atoms with E-state index in [0.29, 0.717) is 0 Å². The Kier molecular flexibility index (Phi) is 7.50. The highest BCUT2D eigenvalue weighted by Crippen LogP contribution is 2.23. The van der Waals surface area contributed by atoms with E-state index in [9.17, 15) is 0 Å². The molecule has 34 heavy (non-hydrogen) atoms. The molecule has 4 aromatic rings. The van der Waals surface area contributed by atoms with Crippen molar-refractivity contribution < 1.29 is 10.2 Å². The highest BCUT2D eigenvalue weighted by Gasteiger charge is 2.23. The molecule has 4 aromatic carbocycles. The number of hydrogen-bond acceptors (Lipinski definition) is 0. The van der Waals surface area contributed by atoms with Crippen molar-refractivity contribution in [3.63, 3.8) is 0 Å². The molecule has 1 aliphatic rings. The van der Waals surface area contributed by atoms with Gasteiger partial charge in [-0.15, -0.1) is 0 Å². The lowest BCUT2D eigenvalue weighted by Crippen LogP contribution is -3.11. The molecule has 0 radical (unpaired) electrons. The summed E-state index contributed by atoms with van der Waals surface area (Å²) in [5, 5.41) is 2.39. The molecule has 1 fully saturated rings. The van der Waals surface area contributed by atoms with Gasteiger partial charge in [0.1, 0.15) is 19.6 Å². The molecule has 0 atom stereocenters. The molecular formula is C32H36N2+2. The highest BCUT2D eigenvalue weighted by atomic mass is 15.1. The Hall–Kier alpha value is -3.20. The van der Waals surface area contributed by atoms with Gasteiger partial charge in [0.05, 0.1) is 13.1 Å². The number of rotatable bonds is 8. The van der Waals surface area contributed by atoms with Gasteiger partial charge in [-0.3, -0.25) is 0 Å². The second-order valence-electron chi connectivity index (χ2n) is 9.69. The van der Waals surface area contributed by atoms with Crippen LogP contribution in [0.15, 0.2) is 109 Å². The molecule has 0 amide bonds. The normalized spacial score (nSPS) is 18.0. The van der Waals surface area contributed by atoms with Crippen molar-refractivity contribution in [1.82, 2.24) is 0 Å². The first-order chi connectivity index (χ1) is 16.8. The molecule has 0 unspecified atom stereocenters. The summed E-state index contributed by atoms with van der Waals surface area (Å²) in [6, 6.07) is 40.0. The highest BCUT2D eigenvalue weighted by molar-refractivity contribution is 5.63. The third-order valence-corrected chi connectivity index (χ3v) is 7.26. The number of piperidine rings is 1. The smallest absolute Gasteiger partial charge is 0.103 e. The van der Waals surface area contributed by atoms with E-state index >= 15 is 0 Å². The van der Waals surface area contributed by atoms with Crippen LogP contribution in [0, 0.1) is 0 Å². The van der Waals surface area contributed by atoms with Crippen LogP contribution in [0.1, 0.15) is 41.0 Å². The summed E-state index contributed by atoms with van der Waals surface area (Å²) in [6.07, 6.45) is 2.61. The maximum absolute atomic E-state index is 2.39. The summed E-state index contributed by atoms with van der Waals surface area (Å²) in [5.74, 6) is 0.748. The molecule has 0 bridgehead atoms. The molecule has 3 N–H and O–H groups in total. The molecule has 0 saturated carbocycles. The molecule has 0 spiro atoms. The van der Waals surface area contributed by atoms with E-state index in [1.54, 1.807) is 4.90 Å². The van der Waals surface area contributed by atoms with Crippen LogP contribution in [0.3, 0.4) is 0 Å². The lowest BCUT2D eigenvalue weighted by molar-refractivity contribution is -0.919. The maximum Gasteiger partial charge on any atom is 0.103 e. The molecule has 1 aliphatic heterocycles. The Balaban J connectivity index is 1.05. The Morgan fingerprint density at radius 2 is 1.06 bits per heavy atom. The van der Waals surface area contributed by atoms with Crippen LogP contribution >= 0.6 is 0 Å². The van der Waals surface area contributed by atoms with Gasteiger partial charge in [-0.2, -0.15) is 0 Å². The van der Waals surface area contributed by atoms with Gasteiger partial charge in [-0.25, -0.2) is 0 Å². The summed E-state index contributed by atoms with van der Waals surface area (Å²) in [5.41, 5.74) is 8.33. The second kappa shape index (κ2) is 11.3. The monoisotopic (exact) mass is 448 g/mol. The van der Waals surface area contributed by atoms with Gasteiger partial charge in [0.2, 0.25) is 0 Å². The number of hydrogen-bond donors (Lipinski definition) is 2. The zero-order valence-electron chi connectivity index (χ0n) is 20.0. The van der Waals surface area contributed by atoms with E-state index in [1.165, 1.54) is 59.3 Å². The first-order valence-electron chi connectivity index (χ1n) is 12.8. The van der Waals surface area contributed by atoms with Gasteiger partial charge in [-0.05, 0) is 22.6 Å². The molecule has 172 valence electrons. The van der Waals surface area contributed by atoms with Crippen molar-refractivity contribution in [3.8, 4) is 11.1 Å². The molecule has 0 aliphatic carbocycles. The van der Waals surface area contributed by atoms with Gasteiger partial charge >= 0.3 is 0 Å². The van der Waals surface area contributed by atoms with Gasteiger partial charge < -0.3 is 10.2 Å². The molecule has 1 heterocycles. The summed E-state index contributed by atoms with van der Waals surface area (Å²) in [4.78, 5) is 1.73. The van der Waals surface area contributed by atoms with E-state index in [0.717, 1.165) is 25.6 Å². The number of likely N-dealkylation sites (tertiary alicyclic amines) is 1. The summed E-state index contributed by atoms with van der Waals surface area (Å²) >= 11 is 0. The number of nitrogens with two attached hydrogens (primary N) is 1. The van der Waals surface area contributed by atoms with Crippen LogP contribution in [-0.4, -0.2) is 13.1 Å². The maximum atomic E-state index is 2.39. The van der Waals surface area contributed by atoms with Gasteiger partial charge in [-0.1, -0.05) is 109 Å². The minimum Gasteiger partial charge on any atom is -0.339 e. The summed E-state index contributed by atoms with van der Waals surface area (Å²) in [7, 11) is 0. The number of nitrogens with one attached hydrogen (secondary N) is 1. The van der Waals surface area contributed by atoms with Crippen molar-refractivity contribution in [2.24, 2.45) is 0 Å². The fraction of sp³-hybridized carbons (Fsp3) is 0.250. The van der Waals surface area contributed by atoms with Gasteiger partial charge in [0.15, 0.2) is 0 Å². The Morgan fingerprint density at radius 1 is 0.559 bits per heavy atom. The van der Waals surface area contributed by atoms with Crippen LogP contribution in [0.2, 0.25) is 0 Å². The quantitative estimate of drug-likeness (QED) is 0.394. The fourth-order valence-corrected chi connectivity index (χ4v) is 5.21. The number of benzene rings is 4. The van der Waals surface area contributed by atoms with E-state index in [4.69, 9.17) is 0 Å². The van der Waals surface area contributed by atoms with E-state index in [2.05, 4.69) is 115 Å². The SMILES string of the molecule is c1ccc(-c2ccc(C[NH2+]Cc3ccc(C[NH+]4CCC(c5ccccc5)CC4)cc3)cc2)cc1. The zero-order valence-corrected chi connectivity index (χ0v) is 20.0. The predicted molar refractivity (Wildman–Crippen MR) is 140 cm³/mol. The Bertz CT molecular complexity index is 1130. The molecule has 1 saturated heterocycles. The standard InChI is InChI=1S/C32H34N2/c1-3-7-29(8-4-1)31-17-15-27(16-18-31)24-33-23-26-11-13-28(14-12-26)25-34-21-19-32(20-22-34)30-9-5-2-6-10-30/h1-18,32-33H,19-25H2/p+2.